The van der Waals surface area contributed by atoms with Crippen molar-refractivity contribution < 1.29 is 4.79 Å². The second kappa shape index (κ2) is 4.78. The average Bonchev–Trinajstić information content (AvgIpc) is 2.06. The van der Waals surface area contributed by atoms with Crippen LogP contribution in [-0.2, 0) is 4.79 Å². The van der Waals surface area contributed by atoms with E-state index in [0.29, 0.717) is 0 Å². The van der Waals surface area contributed by atoms with Crippen LogP contribution in [0.15, 0.2) is 30.3 Å². The number of halogens is 1. The first-order chi connectivity index (χ1) is 5.83. The van der Waals surface area contributed by atoms with Gasteiger partial charge in [0.2, 0.25) is 0 Å². The van der Waals surface area contributed by atoms with E-state index in [1.165, 1.54) is 0 Å². The van der Waals surface area contributed by atoms with Crippen molar-refractivity contribution in [2.75, 3.05) is 5.32 Å². The second-order valence-corrected chi connectivity index (χ2v) is 2.58. The van der Waals surface area contributed by atoms with Gasteiger partial charge >= 0.3 is 5.91 Å². The largest absolute Gasteiger partial charge is 0.315 e. The molecule has 0 heterocycles. The molecule has 1 aromatic rings. The molecule has 0 aliphatic carbocycles. The lowest BCUT2D eigenvalue weighted by molar-refractivity contribution is -0.111. The molecule has 0 atom stereocenters. The maximum atomic E-state index is 10.9. The Morgan fingerprint density at radius 1 is 1.33 bits per heavy atom. The quantitative estimate of drug-likeness (QED) is 0.614. The average molecular weight is 271 g/mol. The standard InChI is InChI=1S/C9H6INO/c10-7-6-9(12)11-8-4-2-1-3-5-8/h1-5H,(H,11,12). The zero-order chi connectivity index (χ0) is 8.81. The number of hydrogen-bond donors (Lipinski definition) is 1. The minimum atomic E-state index is -0.282. The van der Waals surface area contributed by atoms with Gasteiger partial charge in [0.15, 0.2) is 0 Å². The molecule has 12 heavy (non-hydrogen) atoms. The lowest BCUT2D eigenvalue weighted by Crippen LogP contribution is -2.07. The number of hydrogen-bond acceptors (Lipinski definition) is 1. The number of carbonyl (C=O) groups excluding carboxylic acids is 1. The van der Waals surface area contributed by atoms with Gasteiger partial charge in [-0.2, -0.15) is 0 Å². The fraction of sp³-hybridized carbons (Fsp3) is 0. The molecule has 0 aliphatic rings. The normalized spacial score (nSPS) is 8.08. The Kier molecular flexibility index (Phi) is 3.61. The Morgan fingerprint density at radius 2 is 2.00 bits per heavy atom. The van der Waals surface area contributed by atoms with E-state index in [9.17, 15) is 4.79 Å². The van der Waals surface area contributed by atoms with E-state index in [0.717, 1.165) is 5.69 Å². The molecular weight excluding hydrogens is 265 g/mol. The summed E-state index contributed by atoms with van der Waals surface area (Å²) in [5.74, 6) is 2.10. The highest BCUT2D eigenvalue weighted by Gasteiger charge is 1.94. The predicted octanol–water partition coefficient (Wildman–Crippen LogP) is 2.02. The molecule has 0 saturated carbocycles. The van der Waals surface area contributed by atoms with Crippen molar-refractivity contribution in [3.8, 4) is 9.85 Å². The first-order valence-electron chi connectivity index (χ1n) is 3.30. The number of amides is 1. The summed E-state index contributed by atoms with van der Waals surface area (Å²) in [6.45, 7) is 0. The fourth-order valence-electron chi connectivity index (χ4n) is 0.727. The topological polar surface area (TPSA) is 29.1 Å². The van der Waals surface area contributed by atoms with Gasteiger partial charge in [-0.05, 0) is 16.1 Å². The van der Waals surface area contributed by atoms with E-state index >= 15 is 0 Å². The molecule has 1 amide bonds. The highest BCUT2D eigenvalue weighted by Crippen LogP contribution is 2.03. The van der Waals surface area contributed by atoms with Crippen molar-refractivity contribution in [2.45, 2.75) is 0 Å². The van der Waals surface area contributed by atoms with Gasteiger partial charge in [0.25, 0.3) is 0 Å². The maximum absolute atomic E-state index is 10.9. The van der Waals surface area contributed by atoms with Gasteiger partial charge in [-0.15, -0.1) is 0 Å². The lowest BCUT2D eigenvalue weighted by atomic mass is 10.3. The number of para-hydroxylation sites is 1. The molecule has 1 aromatic carbocycles. The summed E-state index contributed by atoms with van der Waals surface area (Å²) < 4.78 is 2.50. The van der Waals surface area contributed by atoms with Crippen LogP contribution in [0.3, 0.4) is 0 Å². The molecule has 0 aliphatic heterocycles. The minimum Gasteiger partial charge on any atom is -0.315 e. The van der Waals surface area contributed by atoms with Gasteiger partial charge in [0.1, 0.15) is 0 Å². The number of benzene rings is 1. The van der Waals surface area contributed by atoms with Crippen molar-refractivity contribution >= 4 is 34.2 Å². The second-order valence-electron chi connectivity index (χ2n) is 2.04. The van der Waals surface area contributed by atoms with Crippen LogP contribution in [0.2, 0.25) is 0 Å². The van der Waals surface area contributed by atoms with E-state index < -0.39 is 0 Å². The summed E-state index contributed by atoms with van der Waals surface area (Å²) in [6.07, 6.45) is 0. The predicted molar refractivity (Wildman–Crippen MR) is 56.9 cm³/mol. The number of rotatable bonds is 1. The van der Waals surface area contributed by atoms with Crippen LogP contribution in [0.1, 0.15) is 0 Å². The molecule has 0 unspecified atom stereocenters. The zero-order valence-electron chi connectivity index (χ0n) is 6.17. The molecule has 60 valence electrons. The minimum absolute atomic E-state index is 0.282. The fourth-order valence-corrected chi connectivity index (χ4v) is 0.972. The Hall–Kier alpha value is -1.02. The SMILES string of the molecule is O=C(C#CI)Nc1ccccc1. The third kappa shape index (κ3) is 2.93. The summed E-state index contributed by atoms with van der Waals surface area (Å²) in [7, 11) is 0. The molecule has 0 radical (unpaired) electrons. The van der Waals surface area contributed by atoms with Gasteiger partial charge < -0.3 is 5.32 Å². The van der Waals surface area contributed by atoms with Gasteiger partial charge in [-0.25, -0.2) is 0 Å². The van der Waals surface area contributed by atoms with Crippen molar-refractivity contribution in [3.63, 3.8) is 0 Å². The van der Waals surface area contributed by atoms with Gasteiger partial charge in [-0.3, -0.25) is 4.79 Å². The third-order valence-electron chi connectivity index (χ3n) is 1.19. The number of nitrogens with one attached hydrogen (secondary N) is 1. The zero-order valence-corrected chi connectivity index (χ0v) is 8.33. The number of anilines is 1. The van der Waals surface area contributed by atoms with Crippen LogP contribution in [0.25, 0.3) is 0 Å². The Labute approximate surface area is 84.5 Å². The molecule has 0 bridgehead atoms. The highest BCUT2D eigenvalue weighted by molar-refractivity contribution is 14.1. The smallest absolute Gasteiger partial charge is 0.301 e. The van der Waals surface area contributed by atoms with Crippen molar-refractivity contribution in [2.24, 2.45) is 0 Å². The van der Waals surface area contributed by atoms with Gasteiger partial charge in [0.05, 0.1) is 0 Å². The van der Waals surface area contributed by atoms with E-state index in [2.05, 4.69) is 15.2 Å². The Bertz CT molecular complexity index is 323. The maximum Gasteiger partial charge on any atom is 0.301 e. The van der Waals surface area contributed by atoms with Gasteiger partial charge in [0, 0.05) is 34.2 Å². The monoisotopic (exact) mass is 271 g/mol. The molecule has 0 saturated heterocycles. The summed E-state index contributed by atoms with van der Waals surface area (Å²) in [4.78, 5) is 10.9. The summed E-state index contributed by atoms with van der Waals surface area (Å²) in [5.41, 5.74) is 0.765. The van der Waals surface area contributed by atoms with Crippen molar-refractivity contribution in [1.29, 1.82) is 0 Å². The first-order valence-corrected chi connectivity index (χ1v) is 4.38. The summed E-state index contributed by atoms with van der Waals surface area (Å²) in [5, 5.41) is 2.63. The van der Waals surface area contributed by atoms with E-state index in [1.54, 1.807) is 0 Å². The van der Waals surface area contributed by atoms with Crippen LogP contribution in [-0.4, -0.2) is 5.91 Å². The lowest BCUT2D eigenvalue weighted by Gasteiger charge is -1.97. The van der Waals surface area contributed by atoms with Crippen LogP contribution in [0.4, 0.5) is 5.69 Å². The summed E-state index contributed by atoms with van der Waals surface area (Å²) >= 11 is 1.82. The molecule has 0 aromatic heterocycles. The number of carbonyl (C=O) groups is 1. The summed E-state index contributed by atoms with van der Waals surface area (Å²) in [6, 6.07) is 9.22. The van der Waals surface area contributed by atoms with Crippen LogP contribution in [0, 0.1) is 9.85 Å². The first kappa shape index (κ1) is 9.07. The van der Waals surface area contributed by atoms with Crippen LogP contribution >= 0.6 is 22.6 Å². The van der Waals surface area contributed by atoms with Crippen molar-refractivity contribution in [1.82, 2.24) is 0 Å². The Balaban J connectivity index is 2.63. The van der Waals surface area contributed by atoms with E-state index in [4.69, 9.17) is 0 Å². The molecular formula is C9H6INO. The van der Waals surface area contributed by atoms with Crippen molar-refractivity contribution in [3.05, 3.63) is 30.3 Å². The Morgan fingerprint density at radius 3 is 2.58 bits per heavy atom. The molecule has 1 N–H and O–H groups in total. The van der Waals surface area contributed by atoms with E-state index in [-0.39, 0.29) is 5.91 Å². The van der Waals surface area contributed by atoms with E-state index in [1.807, 2.05) is 52.9 Å². The third-order valence-corrected chi connectivity index (χ3v) is 1.46. The van der Waals surface area contributed by atoms with Gasteiger partial charge in [-0.1, -0.05) is 18.2 Å². The molecule has 3 heteroatoms. The molecule has 0 fully saturated rings. The van der Waals surface area contributed by atoms with Crippen LogP contribution in [0.5, 0.6) is 0 Å². The highest BCUT2D eigenvalue weighted by atomic mass is 127. The molecule has 1 rings (SSSR count). The molecule has 0 spiro atoms. The van der Waals surface area contributed by atoms with Crippen LogP contribution < -0.4 is 5.32 Å². The molecule has 2 nitrogen and oxygen atoms in total.